The van der Waals surface area contributed by atoms with Crippen molar-refractivity contribution in [2.45, 2.75) is 19.3 Å². The molecule has 1 aliphatic carbocycles. The molecular formula is C21H19BO3. The number of hydrogen-bond donors (Lipinski definition) is 2. The van der Waals surface area contributed by atoms with Gasteiger partial charge in [0.25, 0.3) is 0 Å². The fraction of sp³-hybridized carbons (Fsp3) is 0.143. The third-order valence-corrected chi connectivity index (χ3v) is 5.00. The summed E-state index contributed by atoms with van der Waals surface area (Å²) in [5.74, 6) is 0.492. The van der Waals surface area contributed by atoms with Crippen molar-refractivity contribution in [2.24, 2.45) is 0 Å². The van der Waals surface area contributed by atoms with E-state index in [0.717, 1.165) is 16.7 Å². The zero-order valence-corrected chi connectivity index (χ0v) is 14.2. The number of rotatable bonds is 3. The summed E-state index contributed by atoms with van der Waals surface area (Å²) in [5, 5.41) is 18.5. The summed E-state index contributed by atoms with van der Waals surface area (Å²) in [5.41, 5.74) is 6.53. The van der Waals surface area contributed by atoms with E-state index >= 15 is 0 Å². The molecule has 0 saturated heterocycles. The van der Waals surface area contributed by atoms with Crippen LogP contribution in [0.4, 0.5) is 0 Å². The average molecular weight is 330 g/mol. The second kappa shape index (κ2) is 5.76. The summed E-state index contributed by atoms with van der Waals surface area (Å²) in [4.78, 5) is 0. The van der Waals surface area contributed by atoms with Crippen molar-refractivity contribution < 1.29 is 14.7 Å². The zero-order valence-electron chi connectivity index (χ0n) is 14.2. The molecule has 3 aromatic rings. The number of benzene rings is 3. The van der Waals surface area contributed by atoms with Crippen molar-refractivity contribution in [3.63, 3.8) is 0 Å². The molecular weight excluding hydrogens is 311 g/mol. The van der Waals surface area contributed by atoms with Crippen LogP contribution in [0.5, 0.6) is 5.75 Å². The standard InChI is InChI=1S/C21H19BO3/c1-21(2)17-9-6-10-19(25-22(23)24)20(17)16-12-11-15(13-18(16)21)14-7-4-3-5-8-14/h3-13,23-24H,1-2H3. The van der Waals surface area contributed by atoms with Gasteiger partial charge in [0, 0.05) is 11.0 Å². The predicted molar refractivity (Wildman–Crippen MR) is 100 cm³/mol. The van der Waals surface area contributed by atoms with E-state index in [9.17, 15) is 10.0 Å². The fourth-order valence-electron chi connectivity index (χ4n) is 3.78. The lowest BCUT2D eigenvalue weighted by molar-refractivity contribution is 0.288. The normalized spacial score (nSPS) is 13.9. The molecule has 0 atom stereocenters. The third kappa shape index (κ3) is 2.54. The molecule has 0 heterocycles. The largest absolute Gasteiger partial charge is 0.707 e. The maximum atomic E-state index is 9.24. The van der Waals surface area contributed by atoms with Gasteiger partial charge < -0.3 is 14.7 Å². The Hall–Kier alpha value is -2.56. The minimum Gasteiger partial charge on any atom is -0.511 e. The Balaban J connectivity index is 1.91. The van der Waals surface area contributed by atoms with E-state index in [1.165, 1.54) is 16.7 Å². The zero-order chi connectivity index (χ0) is 17.6. The number of hydrogen-bond acceptors (Lipinski definition) is 3. The van der Waals surface area contributed by atoms with Gasteiger partial charge in [-0.1, -0.05) is 68.4 Å². The summed E-state index contributed by atoms with van der Waals surface area (Å²) in [6.07, 6.45) is 0. The van der Waals surface area contributed by atoms with Gasteiger partial charge in [0.1, 0.15) is 5.75 Å². The van der Waals surface area contributed by atoms with E-state index < -0.39 is 7.32 Å². The Kier molecular flexibility index (Phi) is 3.67. The molecule has 0 aromatic heterocycles. The molecule has 0 unspecified atom stereocenters. The summed E-state index contributed by atoms with van der Waals surface area (Å²) in [7, 11) is -1.83. The fourth-order valence-corrected chi connectivity index (χ4v) is 3.78. The Bertz CT molecular complexity index is 933. The molecule has 0 radical (unpaired) electrons. The Morgan fingerprint density at radius 1 is 0.800 bits per heavy atom. The molecule has 0 aliphatic heterocycles. The Morgan fingerprint density at radius 2 is 1.56 bits per heavy atom. The predicted octanol–water partition coefficient (Wildman–Crippen LogP) is 4.01. The molecule has 0 fully saturated rings. The Morgan fingerprint density at radius 3 is 2.28 bits per heavy atom. The molecule has 2 N–H and O–H groups in total. The maximum absolute atomic E-state index is 9.24. The number of fused-ring (bicyclic) bond motifs is 3. The van der Waals surface area contributed by atoms with E-state index in [-0.39, 0.29) is 5.41 Å². The van der Waals surface area contributed by atoms with Gasteiger partial charge in [0.05, 0.1) is 0 Å². The smallest absolute Gasteiger partial charge is 0.511 e. The van der Waals surface area contributed by atoms with Crippen LogP contribution in [-0.2, 0) is 5.41 Å². The molecule has 0 amide bonds. The van der Waals surface area contributed by atoms with Gasteiger partial charge in [-0.15, -0.1) is 0 Å². The van der Waals surface area contributed by atoms with Crippen molar-refractivity contribution in [3.8, 4) is 28.0 Å². The molecule has 4 rings (SSSR count). The van der Waals surface area contributed by atoms with Gasteiger partial charge in [-0.2, -0.15) is 0 Å². The molecule has 0 spiro atoms. The second-order valence-corrected chi connectivity index (χ2v) is 6.87. The molecule has 4 heteroatoms. The molecule has 124 valence electrons. The molecule has 3 nitrogen and oxygen atoms in total. The van der Waals surface area contributed by atoms with Crippen LogP contribution in [0.3, 0.4) is 0 Å². The minimum absolute atomic E-state index is 0.185. The van der Waals surface area contributed by atoms with Gasteiger partial charge >= 0.3 is 7.32 Å². The molecule has 3 aromatic carbocycles. The van der Waals surface area contributed by atoms with Gasteiger partial charge in [0.2, 0.25) is 0 Å². The van der Waals surface area contributed by atoms with Crippen molar-refractivity contribution in [2.75, 3.05) is 0 Å². The Labute approximate surface area is 147 Å². The van der Waals surface area contributed by atoms with E-state index in [4.69, 9.17) is 4.65 Å². The summed E-state index contributed by atoms with van der Waals surface area (Å²) >= 11 is 0. The summed E-state index contributed by atoms with van der Waals surface area (Å²) in [6.45, 7) is 4.37. The van der Waals surface area contributed by atoms with Crippen LogP contribution in [0.2, 0.25) is 0 Å². The van der Waals surface area contributed by atoms with Crippen LogP contribution in [0, 0.1) is 0 Å². The molecule has 25 heavy (non-hydrogen) atoms. The van der Waals surface area contributed by atoms with Crippen LogP contribution in [-0.4, -0.2) is 17.4 Å². The van der Waals surface area contributed by atoms with Gasteiger partial charge in [-0.3, -0.25) is 0 Å². The first-order valence-electron chi connectivity index (χ1n) is 8.35. The lowest BCUT2D eigenvalue weighted by Crippen LogP contribution is -2.21. The molecule has 0 bridgehead atoms. The first kappa shape index (κ1) is 15.9. The quantitative estimate of drug-likeness (QED) is 0.714. The molecule has 1 aliphatic rings. The monoisotopic (exact) mass is 330 g/mol. The summed E-state index contributed by atoms with van der Waals surface area (Å²) < 4.78 is 5.23. The van der Waals surface area contributed by atoms with E-state index in [0.29, 0.717) is 5.75 Å². The van der Waals surface area contributed by atoms with Crippen LogP contribution in [0.15, 0.2) is 66.7 Å². The highest BCUT2D eigenvalue weighted by atomic mass is 16.6. The van der Waals surface area contributed by atoms with E-state index in [1.54, 1.807) is 6.07 Å². The van der Waals surface area contributed by atoms with Crippen molar-refractivity contribution in [1.29, 1.82) is 0 Å². The van der Waals surface area contributed by atoms with Crippen molar-refractivity contribution in [3.05, 3.63) is 77.9 Å². The second-order valence-electron chi connectivity index (χ2n) is 6.87. The van der Waals surface area contributed by atoms with Crippen molar-refractivity contribution in [1.82, 2.24) is 0 Å². The maximum Gasteiger partial charge on any atom is 0.707 e. The van der Waals surface area contributed by atoms with E-state index in [2.05, 4.69) is 50.2 Å². The average Bonchev–Trinajstić information content (AvgIpc) is 2.84. The lowest BCUT2D eigenvalue weighted by atomic mass is 9.81. The van der Waals surface area contributed by atoms with Crippen LogP contribution >= 0.6 is 0 Å². The van der Waals surface area contributed by atoms with Gasteiger partial charge in [-0.25, -0.2) is 0 Å². The van der Waals surface area contributed by atoms with Gasteiger partial charge in [0.15, 0.2) is 0 Å². The lowest BCUT2D eigenvalue weighted by Gasteiger charge is -2.22. The van der Waals surface area contributed by atoms with Crippen LogP contribution < -0.4 is 4.65 Å². The van der Waals surface area contributed by atoms with Crippen molar-refractivity contribution >= 4 is 7.32 Å². The minimum atomic E-state index is -1.83. The van der Waals surface area contributed by atoms with E-state index in [1.807, 2.05) is 24.3 Å². The summed E-state index contributed by atoms with van der Waals surface area (Å²) in [6, 6.07) is 22.5. The van der Waals surface area contributed by atoms with Gasteiger partial charge in [-0.05, 0) is 39.9 Å². The van der Waals surface area contributed by atoms with Crippen LogP contribution in [0.25, 0.3) is 22.3 Å². The third-order valence-electron chi connectivity index (χ3n) is 5.00. The first-order valence-corrected chi connectivity index (χ1v) is 8.35. The highest BCUT2D eigenvalue weighted by Gasteiger charge is 2.37. The van der Waals surface area contributed by atoms with Crippen LogP contribution in [0.1, 0.15) is 25.0 Å². The highest BCUT2D eigenvalue weighted by molar-refractivity contribution is 6.34. The topological polar surface area (TPSA) is 49.7 Å². The SMILES string of the molecule is CC1(C)c2cc(-c3ccccc3)ccc2-c2c(OB(O)O)cccc21. The first-order chi connectivity index (χ1) is 12.0. The highest BCUT2D eigenvalue weighted by Crippen LogP contribution is 2.52. The molecule has 0 saturated carbocycles.